The quantitative estimate of drug-likeness (QED) is 0.798. The van der Waals surface area contributed by atoms with E-state index in [9.17, 15) is 4.79 Å². The predicted octanol–water partition coefficient (Wildman–Crippen LogP) is 4.02. The summed E-state index contributed by atoms with van der Waals surface area (Å²) in [6, 6.07) is 17.7. The van der Waals surface area contributed by atoms with E-state index in [2.05, 4.69) is 21.2 Å². The summed E-state index contributed by atoms with van der Waals surface area (Å²) in [7, 11) is 0. The second kappa shape index (κ2) is 5.02. The van der Waals surface area contributed by atoms with Crippen molar-refractivity contribution < 1.29 is 4.79 Å². The third-order valence-electron chi connectivity index (χ3n) is 3.15. The molecule has 19 heavy (non-hydrogen) atoms. The number of alkyl halides is 1. The van der Waals surface area contributed by atoms with Crippen molar-refractivity contribution in [2.45, 2.75) is 9.22 Å². The number of thioether (sulfide) groups is 1. The van der Waals surface area contributed by atoms with Crippen LogP contribution in [0.5, 0.6) is 0 Å². The van der Waals surface area contributed by atoms with Gasteiger partial charge in [0.05, 0.1) is 5.69 Å². The van der Waals surface area contributed by atoms with Crippen molar-refractivity contribution >= 4 is 39.3 Å². The first-order valence-electron chi connectivity index (χ1n) is 5.98. The van der Waals surface area contributed by atoms with Crippen LogP contribution in [0.4, 0.5) is 5.69 Å². The minimum atomic E-state index is -0.683. The van der Waals surface area contributed by atoms with Gasteiger partial charge in [0.1, 0.15) is 4.32 Å². The molecule has 4 heteroatoms. The Morgan fingerprint density at radius 1 is 1.05 bits per heavy atom. The maximum Gasteiger partial charge on any atom is 0.246 e. The van der Waals surface area contributed by atoms with Crippen molar-refractivity contribution in [2.75, 3.05) is 11.1 Å². The molecule has 2 aromatic rings. The Balaban J connectivity index is 2.01. The highest BCUT2D eigenvalue weighted by atomic mass is 79.9. The Kier molecular flexibility index (Phi) is 3.37. The summed E-state index contributed by atoms with van der Waals surface area (Å²) in [5.41, 5.74) is 1.86. The molecule has 96 valence electrons. The van der Waals surface area contributed by atoms with Crippen molar-refractivity contribution in [3.05, 3.63) is 60.2 Å². The number of hydrogen-bond acceptors (Lipinski definition) is 2. The summed E-state index contributed by atoms with van der Waals surface area (Å²) < 4.78 is -0.683. The van der Waals surface area contributed by atoms with Crippen LogP contribution in [0.25, 0.3) is 0 Å². The van der Waals surface area contributed by atoms with Gasteiger partial charge in [0.25, 0.3) is 0 Å². The lowest BCUT2D eigenvalue weighted by molar-refractivity contribution is -0.117. The maximum absolute atomic E-state index is 12.5. The monoisotopic (exact) mass is 333 g/mol. The Labute approximate surface area is 124 Å². The molecule has 2 aromatic carbocycles. The van der Waals surface area contributed by atoms with Gasteiger partial charge in [0.2, 0.25) is 5.91 Å². The zero-order valence-corrected chi connectivity index (χ0v) is 12.5. The number of carbonyl (C=O) groups excluding carboxylic acids is 1. The second-order valence-corrected chi connectivity index (χ2v) is 6.78. The van der Waals surface area contributed by atoms with Crippen LogP contribution in [-0.4, -0.2) is 11.7 Å². The lowest BCUT2D eigenvalue weighted by Gasteiger charge is -2.23. The fourth-order valence-corrected chi connectivity index (χ4v) is 3.89. The van der Waals surface area contributed by atoms with Gasteiger partial charge < -0.3 is 5.32 Å². The first-order chi connectivity index (χ1) is 9.20. The van der Waals surface area contributed by atoms with Gasteiger partial charge in [-0.3, -0.25) is 4.79 Å². The highest BCUT2D eigenvalue weighted by Gasteiger charge is 2.39. The van der Waals surface area contributed by atoms with Crippen LogP contribution in [0.1, 0.15) is 5.56 Å². The van der Waals surface area contributed by atoms with Crippen LogP contribution in [-0.2, 0) is 9.12 Å². The largest absolute Gasteiger partial charge is 0.324 e. The van der Waals surface area contributed by atoms with Crippen molar-refractivity contribution in [3.63, 3.8) is 0 Å². The normalized spacial score (nSPS) is 22.3. The summed E-state index contributed by atoms with van der Waals surface area (Å²) in [5, 5.41) is 3.00. The van der Waals surface area contributed by atoms with E-state index in [0.29, 0.717) is 5.75 Å². The fraction of sp³-hybridized carbons (Fsp3) is 0.133. The van der Waals surface area contributed by atoms with Gasteiger partial charge in [-0.1, -0.05) is 58.4 Å². The Morgan fingerprint density at radius 2 is 1.74 bits per heavy atom. The van der Waals surface area contributed by atoms with Crippen molar-refractivity contribution in [1.29, 1.82) is 0 Å². The van der Waals surface area contributed by atoms with E-state index in [1.807, 2.05) is 54.6 Å². The van der Waals surface area contributed by atoms with Gasteiger partial charge in [0, 0.05) is 10.6 Å². The molecule has 0 aliphatic carbocycles. The van der Waals surface area contributed by atoms with Crippen LogP contribution in [0, 0.1) is 0 Å². The maximum atomic E-state index is 12.5. The Bertz CT molecular complexity index is 617. The molecule has 1 aliphatic rings. The van der Waals surface area contributed by atoms with Gasteiger partial charge in [-0.2, -0.15) is 0 Å². The molecule has 0 bridgehead atoms. The summed E-state index contributed by atoms with van der Waals surface area (Å²) in [4.78, 5) is 13.6. The van der Waals surface area contributed by atoms with E-state index in [-0.39, 0.29) is 5.91 Å². The number of rotatable bonds is 1. The van der Waals surface area contributed by atoms with E-state index < -0.39 is 4.32 Å². The molecule has 0 fully saturated rings. The molecule has 1 aliphatic heterocycles. The number of benzene rings is 2. The molecule has 3 rings (SSSR count). The second-order valence-electron chi connectivity index (χ2n) is 4.41. The molecule has 0 radical (unpaired) electrons. The smallest absolute Gasteiger partial charge is 0.246 e. The lowest BCUT2D eigenvalue weighted by atomic mass is 10.00. The van der Waals surface area contributed by atoms with E-state index in [0.717, 1.165) is 16.1 Å². The van der Waals surface area contributed by atoms with Crippen LogP contribution in [0.3, 0.4) is 0 Å². The number of hydrogen-bond donors (Lipinski definition) is 1. The van der Waals surface area contributed by atoms with Gasteiger partial charge >= 0.3 is 0 Å². The third kappa shape index (κ3) is 2.30. The molecule has 1 atom stereocenters. The van der Waals surface area contributed by atoms with Gasteiger partial charge in [-0.05, 0) is 17.7 Å². The van der Waals surface area contributed by atoms with Crippen molar-refractivity contribution in [2.24, 2.45) is 0 Å². The molecule has 0 spiro atoms. The fourth-order valence-electron chi connectivity index (χ4n) is 2.08. The molecule has 0 saturated carbocycles. The van der Waals surface area contributed by atoms with E-state index in [4.69, 9.17) is 0 Å². The van der Waals surface area contributed by atoms with Crippen LogP contribution >= 0.6 is 27.7 Å². The Hall–Kier alpha value is -1.26. The van der Waals surface area contributed by atoms with Crippen molar-refractivity contribution in [1.82, 2.24) is 0 Å². The molecule has 1 unspecified atom stereocenters. The van der Waals surface area contributed by atoms with E-state index >= 15 is 0 Å². The molecule has 1 N–H and O–H groups in total. The highest BCUT2D eigenvalue weighted by Crippen LogP contribution is 2.42. The standard InChI is InChI=1S/C15H12BrNOS/c16-15(11-6-2-1-3-7-11)10-19-13-9-5-4-8-12(13)17-14(15)18/h1-9H,10H2,(H,17,18). The molecule has 1 heterocycles. The third-order valence-corrected chi connectivity index (χ3v) is 5.87. The average molecular weight is 334 g/mol. The van der Waals surface area contributed by atoms with Crippen LogP contribution in [0.2, 0.25) is 0 Å². The molecule has 1 amide bonds. The molecule has 0 aromatic heterocycles. The minimum absolute atomic E-state index is 0.0175. The number of fused-ring (bicyclic) bond motifs is 1. The van der Waals surface area contributed by atoms with E-state index in [1.54, 1.807) is 11.8 Å². The number of halogens is 1. The first-order valence-corrected chi connectivity index (χ1v) is 7.76. The summed E-state index contributed by atoms with van der Waals surface area (Å²) in [6.07, 6.45) is 0. The van der Waals surface area contributed by atoms with Crippen LogP contribution < -0.4 is 5.32 Å². The first kappa shape index (κ1) is 12.8. The number of para-hydroxylation sites is 1. The summed E-state index contributed by atoms with van der Waals surface area (Å²) >= 11 is 5.33. The Morgan fingerprint density at radius 3 is 2.53 bits per heavy atom. The predicted molar refractivity (Wildman–Crippen MR) is 82.8 cm³/mol. The molecule has 0 saturated heterocycles. The topological polar surface area (TPSA) is 29.1 Å². The number of carbonyl (C=O) groups is 1. The van der Waals surface area contributed by atoms with Crippen molar-refractivity contribution in [3.8, 4) is 0 Å². The van der Waals surface area contributed by atoms with Gasteiger partial charge in [-0.15, -0.1) is 11.8 Å². The zero-order chi connectivity index (χ0) is 13.3. The van der Waals surface area contributed by atoms with Gasteiger partial charge in [-0.25, -0.2) is 0 Å². The van der Waals surface area contributed by atoms with Gasteiger partial charge in [0.15, 0.2) is 0 Å². The molecular formula is C15H12BrNOS. The highest BCUT2D eigenvalue weighted by molar-refractivity contribution is 9.10. The number of nitrogens with one attached hydrogen (secondary N) is 1. The molecule has 2 nitrogen and oxygen atoms in total. The number of anilines is 1. The zero-order valence-electron chi connectivity index (χ0n) is 10.1. The van der Waals surface area contributed by atoms with Crippen LogP contribution in [0.15, 0.2) is 59.5 Å². The average Bonchev–Trinajstić information content (AvgIpc) is 2.59. The van der Waals surface area contributed by atoms with E-state index in [1.165, 1.54) is 0 Å². The minimum Gasteiger partial charge on any atom is -0.324 e. The lowest BCUT2D eigenvalue weighted by Crippen LogP contribution is -2.35. The summed E-state index contributed by atoms with van der Waals surface area (Å²) in [6.45, 7) is 0. The number of amides is 1. The SMILES string of the molecule is O=C1Nc2ccccc2SCC1(Br)c1ccccc1. The molecular weight excluding hydrogens is 322 g/mol. The summed E-state index contributed by atoms with van der Waals surface area (Å²) in [5.74, 6) is 0.649.